The zero-order valence-electron chi connectivity index (χ0n) is 17.7. The lowest BCUT2D eigenvalue weighted by atomic mass is 10.0. The summed E-state index contributed by atoms with van der Waals surface area (Å²) in [6.45, 7) is 3.72. The van der Waals surface area contributed by atoms with E-state index in [1.807, 2.05) is 0 Å². The Morgan fingerprint density at radius 3 is 1.59 bits per heavy atom. The first-order valence-corrected chi connectivity index (χ1v) is 11.1. The van der Waals surface area contributed by atoms with Gasteiger partial charge in [0.2, 0.25) is 11.8 Å². The van der Waals surface area contributed by atoms with Crippen LogP contribution in [0.3, 0.4) is 0 Å². The molecule has 0 spiro atoms. The summed E-state index contributed by atoms with van der Waals surface area (Å²) in [5.41, 5.74) is 5.28. The summed E-state index contributed by atoms with van der Waals surface area (Å²) in [6.07, 6.45) is 17.4. The Morgan fingerprint density at radius 1 is 0.741 bits per heavy atom. The summed E-state index contributed by atoms with van der Waals surface area (Å²) in [5.74, 6) is -0.729. The first kappa shape index (κ1) is 25.6. The second kappa shape index (κ2) is 18.0. The highest BCUT2D eigenvalue weighted by Gasteiger charge is 2.18. The minimum Gasteiger partial charge on any atom is -0.368 e. The summed E-state index contributed by atoms with van der Waals surface area (Å²) >= 11 is 0. The number of Topliss-reactive ketones (excluding diaryl/α,β-unsaturated/α-hetero) is 1. The van der Waals surface area contributed by atoms with Crippen LogP contribution in [0.15, 0.2) is 0 Å². The van der Waals surface area contributed by atoms with Crippen LogP contribution >= 0.6 is 0 Å². The van der Waals surface area contributed by atoms with Crippen LogP contribution in [0.4, 0.5) is 0 Å². The van der Waals surface area contributed by atoms with Crippen molar-refractivity contribution in [2.45, 2.75) is 123 Å². The monoisotopic (exact) mass is 382 g/mol. The zero-order chi connectivity index (χ0) is 20.3. The standard InChI is InChI=1S/C22H42N2O3/c1-3-4-5-6-7-8-9-10-11-12-13-14-15-16-21(26)24-20(22(23)27)18-17-19(2)25/h20H,3-18H2,1-2H3,(H2,23,27)(H,24,26)/t20-/m0/s1. The number of nitrogens with two attached hydrogens (primary N) is 1. The lowest BCUT2D eigenvalue weighted by Gasteiger charge is -2.14. The van der Waals surface area contributed by atoms with E-state index in [4.69, 9.17) is 5.73 Å². The summed E-state index contributed by atoms with van der Waals surface area (Å²) < 4.78 is 0. The van der Waals surface area contributed by atoms with Crippen molar-refractivity contribution >= 4 is 17.6 Å². The molecule has 5 heteroatoms. The molecule has 2 amide bonds. The Morgan fingerprint density at radius 2 is 1.19 bits per heavy atom. The van der Waals surface area contributed by atoms with Crippen LogP contribution in [0, 0.1) is 0 Å². The van der Waals surface area contributed by atoms with Crippen molar-refractivity contribution in [2.75, 3.05) is 0 Å². The predicted molar refractivity (Wildman–Crippen MR) is 111 cm³/mol. The van der Waals surface area contributed by atoms with Gasteiger partial charge in [-0.2, -0.15) is 0 Å². The van der Waals surface area contributed by atoms with Crippen LogP contribution in [-0.2, 0) is 14.4 Å². The molecule has 0 aliphatic carbocycles. The Kier molecular flexibility index (Phi) is 17.1. The lowest BCUT2D eigenvalue weighted by Crippen LogP contribution is -2.44. The maximum atomic E-state index is 11.9. The highest BCUT2D eigenvalue weighted by atomic mass is 16.2. The smallest absolute Gasteiger partial charge is 0.240 e. The van der Waals surface area contributed by atoms with Gasteiger partial charge in [-0.05, 0) is 19.8 Å². The first-order valence-electron chi connectivity index (χ1n) is 11.1. The highest BCUT2D eigenvalue weighted by Crippen LogP contribution is 2.13. The van der Waals surface area contributed by atoms with E-state index in [9.17, 15) is 14.4 Å². The van der Waals surface area contributed by atoms with Crippen molar-refractivity contribution < 1.29 is 14.4 Å². The Hall–Kier alpha value is -1.39. The average molecular weight is 383 g/mol. The van der Waals surface area contributed by atoms with E-state index >= 15 is 0 Å². The molecule has 0 saturated heterocycles. The number of carbonyl (C=O) groups is 3. The van der Waals surface area contributed by atoms with Gasteiger partial charge in [0.05, 0.1) is 0 Å². The molecule has 5 nitrogen and oxygen atoms in total. The molecule has 3 N–H and O–H groups in total. The van der Waals surface area contributed by atoms with Crippen LogP contribution in [0.5, 0.6) is 0 Å². The molecule has 0 rings (SSSR count). The van der Waals surface area contributed by atoms with Gasteiger partial charge in [-0.3, -0.25) is 9.59 Å². The van der Waals surface area contributed by atoms with Crippen LogP contribution in [-0.4, -0.2) is 23.6 Å². The number of carbonyl (C=O) groups excluding carboxylic acids is 3. The van der Waals surface area contributed by atoms with Gasteiger partial charge in [0.25, 0.3) is 0 Å². The fourth-order valence-electron chi connectivity index (χ4n) is 3.20. The molecule has 0 aromatic carbocycles. The number of unbranched alkanes of at least 4 members (excludes halogenated alkanes) is 12. The molecule has 0 heterocycles. The molecule has 27 heavy (non-hydrogen) atoms. The highest BCUT2D eigenvalue weighted by molar-refractivity contribution is 5.87. The third-order valence-electron chi connectivity index (χ3n) is 4.97. The maximum absolute atomic E-state index is 11.9. The number of ketones is 1. The largest absolute Gasteiger partial charge is 0.368 e. The molecule has 1 atom stereocenters. The quantitative estimate of drug-likeness (QED) is 0.314. The van der Waals surface area contributed by atoms with Crippen LogP contribution in [0.25, 0.3) is 0 Å². The fraction of sp³-hybridized carbons (Fsp3) is 0.864. The Balaban J connectivity index is 3.51. The number of primary amides is 1. The second-order valence-corrected chi connectivity index (χ2v) is 7.76. The molecule has 0 aromatic rings. The van der Waals surface area contributed by atoms with Crippen LogP contribution < -0.4 is 11.1 Å². The molecule has 0 unspecified atom stereocenters. The summed E-state index contributed by atoms with van der Waals surface area (Å²) in [7, 11) is 0. The molecule has 0 fully saturated rings. The van der Waals surface area contributed by atoms with Gasteiger partial charge in [0.1, 0.15) is 11.8 Å². The normalized spacial score (nSPS) is 11.9. The minimum absolute atomic E-state index is 0.00741. The molecular weight excluding hydrogens is 340 g/mol. The molecular formula is C22H42N2O3. The fourth-order valence-corrected chi connectivity index (χ4v) is 3.20. The first-order chi connectivity index (χ1) is 13.0. The predicted octanol–water partition coefficient (Wildman–Crippen LogP) is 4.81. The van der Waals surface area contributed by atoms with E-state index in [0.29, 0.717) is 6.42 Å². The van der Waals surface area contributed by atoms with Crippen molar-refractivity contribution in [2.24, 2.45) is 5.73 Å². The number of rotatable bonds is 19. The van der Waals surface area contributed by atoms with Gasteiger partial charge in [-0.15, -0.1) is 0 Å². The third-order valence-corrected chi connectivity index (χ3v) is 4.97. The van der Waals surface area contributed by atoms with E-state index in [1.165, 1.54) is 71.1 Å². The van der Waals surface area contributed by atoms with E-state index < -0.39 is 11.9 Å². The number of hydrogen-bond acceptors (Lipinski definition) is 3. The molecule has 158 valence electrons. The van der Waals surface area contributed by atoms with Crippen LogP contribution in [0.2, 0.25) is 0 Å². The summed E-state index contributed by atoms with van der Waals surface area (Å²) in [4.78, 5) is 34.2. The molecule has 0 bridgehead atoms. The molecule has 0 aliphatic rings. The second-order valence-electron chi connectivity index (χ2n) is 7.76. The molecule has 0 saturated carbocycles. The van der Waals surface area contributed by atoms with Gasteiger partial charge < -0.3 is 15.8 Å². The van der Waals surface area contributed by atoms with E-state index in [-0.39, 0.29) is 24.5 Å². The maximum Gasteiger partial charge on any atom is 0.240 e. The lowest BCUT2D eigenvalue weighted by molar-refractivity contribution is -0.128. The Bertz CT molecular complexity index is 410. The summed E-state index contributed by atoms with van der Waals surface area (Å²) in [5, 5.41) is 2.65. The van der Waals surface area contributed by atoms with E-state index in [2.05, 4.69) is 12.2 Å². The van der Waals surface area contributed by atoms with Crippen molar-refractivity contribution in [1.29, 1.82) is 0 Å². The number of nitrogens with one attached hydrogen (secondary N) is 1. The van der Waals surface area contributed by atoms with Gasteiger partial charge in [-0.25, -0.2) is 0 Å². The van der Waals surface area contributed by atoms with Crippen molar-refractivity contribution in [3.63, 3.8) is 0 Å². The van der Waals surface area contributed by atoms with Gasteiger partial charge in [0.15, 0.2) is 0 Å². The zero-order valence-corrected chi connectivity index (χ0v) is 17.7. The van der Waals surface area contributed by atoms with Crippen LogP contribution in [0.1, 0.15) is 117 Å². The van der Waals surface area contributed by atoms with Crippen molar-refractivity contribution in [3.05, 3.63) is 0 Å². The third kappa shape index (κ3) is 17.8. The topological polar surface area (TPSA) is 89.3 Å². The molecule has 0 aromatic heterocycles. The Labute approximate surface area is 166 Å². The minimum atomic E-state index is -0.733. The molecule has 0 aliphatic heterocycles. The number of hydrogen-bond donors (Lipinski definition) is 2. The number of amides is 2. The van der Waals surface area contributed by atoms with Gasteiger partial charge in [0, 0.05) is 12.8 Å². The summed E-state index contributed by atoms with van der Waals surface area (Å²) in [6, 6.07) is -0.733. The SMILES string of the molecule is CCCCCCCCCCCCCCCC(=O)N[C@@H](CCC(C)=O)C(N)=O. The molecule has 0 radical (unpaired) electrons. The van der Waals surface area contributed by atoms with Crippen molar-refractivity contribution in [1.82, 2.24) is 5.32 Å². The van der Waals surface area contributed by atoms with E-state index in [1.54, 1.807) is 0 Å². The van der Waals surface area contributed by atoms with Gasteiger partial charge in [-0.1, -0.05) is 84.0 Å². The van der Waals surface area contributed by atoms with Gasteiger partial charge >= 0.3 is 0 Å². The van der Waals surface area contributed by atoms with E-state index in [0.717, 1.165) is 19.3 Å². The average Bonchev–Trinajstić information content (AvgIpc) is 2.62. The van der Waals surface area contributed by atoms with Crippen molar-refractivity contribution in [3.8, 4) is 0 Å².